The summed E-state index contributed by atoms with van der Waals surface area (Å²) >= 11 is 0. The van der Waals surface area contributed by atoms with Gasteiger partial charge in [-0.05, 0) is 11.1 Å². The van der Waals surface area contributed by atoms with Gasteiger partial charge in [0.25, 0.3) is 0 Å². The number of nitrogens with one attached hydrogen (secondary N) is 2. The number of aliphatic imine (C=N–C) groups is 1. The molecule has 0 heterocycles. The molecule has 0 atom stereocenters. The van der Waals surface area contributed by atoms with Crippen LogP contribution in [0.25, 0.3) is 0 Å². The lowest BCUT2D eigenvalue weighted by molar-refractivity contribution is -0.140. The Labute approximate surface area is 172 Å². The van der Waals surface area contributed by atoms with Gasteiger partial charge in [0.1, 0.15) is 0 Å². The third kappa shape index (κ3) is 7.03. The molecule has 26 heavy (non-hydrogen) atoms. The highest BCUT2D eigenvalue weighted by molar-refractivity contribution is 14.0. The van der Waals surface area contributed by atoms with Gasteiger partial charge in [0.2, 0.25) is 0 Å². The van der Waals surface area contributed by atoms with E-state index in [2.05, 4.69) is 68.9 Å². The second kappa shape index (κ2) is 12.3. The number of nitrogens with zero attached hydrogens (tertiary/aromatic N) is 1. The molecule has 0 fully saturated rings. The monoisotopic (exact) mass is 467 g/mol. The predicted octanol–water partition coefficient (Wildman–Crippen LogP) is 3.16. The predicted molar refractivity (Wildman–Crippen MR) is 116 cm³/mol. The molecule has 0 saturated heterocycles. The van der Waals surface area contributed by atoms with Gasteiger partial charge in [-0.3, -0.25) is 9.79 Å². The molecular weight excluding hydrogens is 441 g/mol. The van der Waals surface area contributed by atoms with E-state index in [1.165, 1.54) is 18.2 Å². The van der Waals surface area contributed by atoms with Gasteiger partial charge in [0.05, 0.1) is 13.5 Å². The minimum atomic E-state index is -0.241. The second-order valence-electron chi connectivity index (χ2n) is 5.58. The second-order valence-corrected chi connectivity index (χ2v) is 5.58. The number of halogens is 1. The molecule has 0 radical (unpaired) electrons. The molecule has 0 aliphatic heterocycles. The SMILES string of the molecule is CN=C(NCCC(=O)OC)NCC(c1ccccc1)c1ccccc1.I. The maximum Gasteiger partial charge on any atom is 0.307 e. The summed E-state index contributed by atoms with van der Waals surface area (Å²) in [6, 6.07) is 20.8. The molecule has 2 aromatic carbocycles. The van der Waals surface area contributed by atoms with Gasteiger partial charge >= 0.3 is 5.97 Å². The lowest BCUT2D eigenvalue weighted by Gasteiger charge is -2.20. The first-order chi connectivity index (χ1) is 12.2. The lowest BCUT2D eigenvalue weighted by atomic mass is 9.91. The van der Waals surface area contributed by atoms with Crippen LogP contribution in [0.2, 0.25) is 0 Å². The zero-order chi connectivity index (χ0) is 17.9. The Balaban J connectivity index is 0.00000338. The maximum atomic E-state index is 11.2. The topological polar surface area (TPSA) is 62.7 Å². The molecule has 0 amide bonds. The number of carbonyl (C=O) groups is 1. The Morgan fingerprint density at radius 2 is 1.54 bits per heavy atom. The van der Waals surface area contributed by atoms with E-state index in [9.17, 15) is 4.79 Å². The highest BCUT2D eigenvalue weighted by atomic mass is 127. The third-order valence-electron chi connectivity index (χ3n) is 3.95. The number of ether oxygens (including phenoxy) is 1. The van der Waals surface area contributed by atoms with Crippen molar-refractivity contribution in [3.8, 4) is 0 Å². The summed E-state index contributed by atoms with van der Waals surface area (Å²) in [7, 11) is 3.10. The third-order valence-corrected chi connectivity index (χ3v) is 3.95. The number of hydrogen-bond donors (Lipinski definition) is 2. The van der Waals surface area contributed by atoms with E-state index in [0.29, 0.717) is 25.5 Å². The summed E-state index contributed by atoms with van der Waals surface area (Å²) in [5.74, 6) is 0.636. The molecule has 6 heteroatoms. The van der Waals surface area contributed by atoms with Crippen LogP contribution in [0.15, 0.2) is 65.7 Å². The molecular formula is C20H26IN3O2. The molecule has 2 rings (SSSR count). The quantitative estimate of drug-likeness (QED) is 0.284. The van der Waals surface area contributed by atoms with E-state index in [1.54, 1.807) is 7.05 Å². The van der Waals surface area contributed by atoms with Crippen molar-refractivity contribution in [3.63, 3.8) is 0 Å². The van der Waals surface area contributed by atoms with Crippen molar-refractivity contribution in [1.29, 1.82) is 0 Å². The van der Waals surface area contributed by atoms with Crippen LogP contribution in [0.4, 0.5) is 0 Å². The van der Waals surface area contributed by atoms with Crippen LogP contribution < -0.4 is 10.6 Å². The van der Waals surface area contributed by atoms with Crippen LogP contribution in [0.3, 0.4) is 0 Å². The smallest absolute Gasteiger partial charge is 0.307 e. The fourth-order valence-electron chi connectivity index (χ4n) is 2.60. The van der Waals surface area contributed by atoms with Crippen LogP contribution in [0.5, 0.6) is 0 Å². The molecule has 0 aromatic heterocycles. The summed E-state index contributed by atoms with van der Waals surface area (Å²) in [4.78, 5) is 15.4. The summed E-state index contributed by atoms with van der Waals surface area (Å²) in [5, 5.41) is 6.48. The van der Waals surface area contributed by atoms with E-state index in [-0.39, 0.29) is 35.9 Å². The van der Waals surface area contributed by atoms with Gasteiger partial charge < -0.3 is 15.4 Å². The number of methoxy groups -OCH3 is 1. The first kappa shape index (κ1) is 22.0. The Kier molecular flexibility index (Phi) is 10.4. The van der Waals surface area contributed by atoms with E-state index in [4.69, 9.17) is 0 Å². The van der Waals surface area contributed by atoms with Crippen molar-refractivity contribution in [1.82, 2.24) is 10.6 Å². The van der Waals surface area contributed by atoms with Crippen LogP contribution in [0.1, 0.15) is 23.5 Å². The first-order valence-corrected chi connectivity index (χ1v) is 8.35. The Bertz CT molecular complexity index is 638. The van der Waals surface area contributed by atoms with Gasteiger partial charge in [0, 0.05) is 26.1 Å². The fraction of sp³-hybridized carbons (Fsp3) is 0.300. The van der Waals surface area contributed by atoms with Crippen LogP contribution in [0, 0.1) is 0 Å². The number of hydrogen-bond acceptors (Lipinski definition) is 3. The van der Waals surface area contributed by atoms with Gasteiger partial charge in [-0.2, -0.15) is 0 Å². The van der Waals surface area contributed by atoms with E-state index in [1.807, 2.05) is 12.1 Å². The van der Waals surface area contributed by atoms with Gasteiger partial charge in [0.15, 0.2) is 5.96 Å². The number of rotatable bonds is 7. The summed E-state index contributed by atoms with van der Waals surface area (Å²) in [6.07, 6.45) is 0.304. The minimum Gasteiger partial charge on any atom is -0.469 e. The molecule has 0 bridgehead atoms. The lowest BCUT2D eigenvalue weighted by Crippen LogP contribution is -2.40. The van der Waals surface area contributed by atoms with Crippen molar-refractivity contribution in [2.75, 3.05) is 27.2 Å². The van der Waals surface area contributed by atoms with E-state index < -0.39 is 0 Å². The average Bonchev–Trinajstić information content (AvgIpc) is 2.68. The van der Waals surface area contributed by atoms with Crippen molar-refractivity contribution < 1.29 is 9.53 Å². The highest BCUT2D eigenvalue weighted by Crippen LogP contribution is 2.23. The van der Waals surface area contributed by atoms with Gasteiger partial charge in [-0.1, -0.05) is 60.7 Å². The van der Waals surface area contributed by atoms with Crippen LogP contribution in [-0.4, -0.2) is 39.2 Å². The minimum absolute atomic E-state index is 0. The van der Waals surface area contributed by atoms with Crippen molar-refractivity contribution in [2.45, 2.75) is 12.3 Å². The molecule has 0 spiro atoms. The van der Waals surface area contributed by atoms with Crippen molar-refractivity contribution in [2.24, 2.45) is 4.99 Å². The highest BCUT2D eigenvalue weighted by Gasteiger charge is 2.14. The standard InChI is InChI=1S/C20H25N3O2.HI/c1-21-20(22-14-13-19(24)25-2)23-15-18(16-9-5-3-6-10-16)17-11-7-4-8-12-17;/h3-12,18H,13-15H2,1-2H3,(H2,21,22,23);1H. The molecule has 0 saturated carbocycles. The Hall–Kier alpha value is -2.09. The number of esters is 1. The summed E-state index contributed by atoms with van der Waals surface area (Å²) in [5.41, 5.74) is 2.48. The fourth-order valence-corrected chi connectivity index (χ4v) is 2.60. The molecule has 2 N–H and O–H groups in total. The first-order valence-electron chi connectivity index (χ1n) is 8.35. The number of guanidine groups is 1. The Morgan fingerprint density at radius 3 is 2.00 bits per heavy atom. The van der Waals surface area contributed by atoms with Crippen LogP contribution >= 0.6 is 24.0 Å². The zero-order valence-electron chi connectivity index (χ0n) is 15.1. The molecule has 140 valence electrons. The summed E-state index contributed by atoms with van der Waals surface area (Å²) in [6.45, 7) is 1.18. The molecule has 2 aromatic rings. The van der Waals surface area contributed by atoms with E-state index in [0.717, 1.165) is 0 Å². The number of carbonyl (C=O) groups excluding carboxylic acids is 1. The normalized spacial score (nSPS) is 10.8. The Morgan fingerprint density at radius 1 is 1.00 bits per heavy atom. The number of benzene rings is 2. The van der Waals surface area contributed by atoms with Gasteiger partial charge in [-0.25, -0.2) is 0 Å². The molecule has 0 aliphatic carbocycles. The maximum absolute atomic E-state index is 11.2. The molecule has 0 aliphatic rings. The largest absolute Gasteiger partial charge is 0.469 e. The van der Waals surface area contributed by atoms with Crippen molar-refractivity contribution >= 4 is 35.9 Å². The van der Waals surface area contributed by atoms with E-state index >= 15 is 0 Å². The van der Waals surface area contributed by atoms with Gasteiger partial charge in [-0.15, -0.1) is 24.0 Å². The average molecular weight is 467 g/mol. The van der Waals surface area contributed by atoms with Crippen molar-refractivity contribution in [3.05, 3.63) is 71.8 Å². The molecule has 0 unspecified atom stereocenters. The molecule has 5 nitrogen and oxygen atoms in total. The van der Waals surface area contributed by atoms with Crippen LogP contribution in [-0.2, 0) is 9.53 Å². The zero-order valence-corrected chi connectivity index (χ0v) is 17.5. The summed E-state index contributed by atoms with van der Waals surface area (Å²) < 4.78 is 4.64.